The number of nitrogens with one attached hydrogen (secondary N) is 1. The van der Waals surface area contributed by atoms with E-state index in [2.05, 4.69) is 20.9 Å². The minimum atomic E-state index is -0.503. The smallest absolute Gasteiger partial charge is 0.324 e. The van der Waals surface area contributed by atoms with Gasteiger partial charge in [0.05, 0.1) is 18.1 Å². The van der Waals surface area contributed by atoms with E-state index in [0.717, 1.165) is 0 Å². The molecule has 0 fully saturated rings. The minimum Gasteiger partial charge on any atom is -0.486 e. The predicted octanol–water partition coefficient (Wildman–Crippen LogP) is 1.18. The van der Waals surface area contributed by atoms with Gasteiger partial charge in [-0.3, -0.25) is 10.1 Å². The van der Waals surface area contributed by atoms with E-state index in [1.807, 2.05) is 0 Å². The van der Waals surface area contributed by atoms with Crippen molar-refractivity contribution in [2.75, 3.05) is 7.11 Å². The number of H-pyrrole nitrogens is 1. The molecule has 0 aromatic carbocycles. The quantitative estimate of drug-likeness (QED) is 0.438. The molecule has 1 N–H and O–H groups in total. The summed E-state index contributed by atoms with van der Waals surface area (Å²) in [4.78, 5) is 12.7. The molecule has 5 nitrogen and oxygen atoms in total. The van der Waals surface area contributed by atoms with Gasteiger partial charge >= 0.3 is 5.69 Å². The molecule has 0 aliphatic heterocycles. The first-order valence-corrected chi connectivity index (χ1v) is 3.84. The Hall–Kier alpha value is -1.17. The van der Waals surface area contributed by atoms with Gasteiger partial charge in [0.25, 0.3) is 10.4 Å². The van der Waals surface area contributed by atoms with E-state index in [0.29, 0.717) is 4.60 Å². The van der Waals surface area contributed by atoms with Crippen LogP contribution in [-0.2, 0) is 0 Å². The van der Waals surface area contributed by atoms with Gasteiger partial charge in [-0.05, 0) is 0 Å². The van der Waals surface area contributed by atoms with Crippen LogP contribution in [0.1, 0.15) is 0 Å². The predicted molar refractivity (Wildman–Crippen MR) is 43.9 cm³/mol. The fourth-order valence-electron chi connectivity index (χ4n) is 0.747. The number of hydrogen-bond acceptors (Lipinski definition) is 3. The maximum absolute atomic E-state index is 10.4. The van der Waals surface area contributed by atoms with E-state index in [4.69, 9.17) is 4.74 Å². The summed E-state index contributed by atoms with van der Waals surface area (Å²) in [5, 5.41) is 10.4. The molecule has 0 aliphatic carbocycles. The number of nitrogens with zero attached hydrogens (tertiary/aromatic N) is 1. The average Bonchev–Trinajstić information content (AvgIpc) is 2.04. The van der Waals surface area contributed by atoms with Crippen LogP contribution in [0.15, 0.2) is 16.9 Å². The summed E-state index contributed by atoms with van der Waals surface area (Å²) in [7, 11) is 1.38. The van der Waals surface area contributed by atoms with Crippen molar-refractivity contribution in [3.63, 3.8) is 0 Å². The molecule has 0 bridgehead atoms. The van der Waals surface area contributed by atoms with Crippen molar-refractivity contribution in [3.05, 3.63) is 27.0 Å². The molecule has 0 atom stereocenters. The fourth-order valence-corrected chi connectivity index (χ4v) is 1.08. The van der Waals surface area contributed by atoms with Crippen molar-refractivity contribution in [2.24, 2.45) is 0 Å². The summed E-state index contributed by atoms with van der Waals surface area (Å²) in [6, 6.07) is 1.35. The Balaban J connectivity index is 3.21. The van der Waals surface area contributed by atoms with Gasteiger partial charge < -0.3 is 4.74 Å². The molecule has 0 radical (unpaired) electrons. The summed E-state index contributed by atoms with van der Waals surface area (Å²) in [5.41, 5.74) is -0.0666. The monoisotopic (exact) mass is 233 g/mol. The number of aromatic nitrogens is 1. The van der Waals surface area contributed by atoms with Crippen molar-refractivity contribution in [2.45, 2.75) is 0 Å². The second-order valence-electron chi connectivity index (χ2n) is 1.99. The Kier molecular flexibility index (Phi) is 2.59. The molecular weight excluding hydrogens is 228 g/mol. The van der Waals surface area contributed by atoms with E-state index in [-0.39, 0.29) is 11.4 Å². The summed E-state index contributed by atoms with van der Waals surface area (Å²) in [6.07, 6.45) is 1.42. The van der Waals surface area contributed by atoms with Gasteiger partial charge in [-0.1, -0.05) is 0 Å². The first-order chi connectivity index (χ1) is 5.65. The number of halogens is 1. The summed E-state index contributed by atoms with van der Waals surface area (Å²) < 4.78 is 5.30. The maximum Gasteiger partial charge on any atom is 0.324 e. The van der Waals surface area contributed by atoms with Gasteiger partial charge in [0.2, 0.25) is 6.20 Å². The Morgan fingerprint density at radius 2 is 2.42 bits per heavy atom. The lowest BCUT2D eigenvalue weighted by Gasteiger charge is -1.96. The molecular formula is C6H6BrN2O3+. The van der Waals surface area contributed by atoms with E-state index < -0.39 is 4.92 Å². The van der Waals surface area contributed by atoms with Crippen LogP contribution >= 0.6 is 15.9 Å². The highest BCUT2D eigenvalue weighted by molar-refractivity contribution is 9.10. The lowest BCUT2D eigenvalue weighted by molar-refractivity contribution is -0.408. The normalized spacial score (nSPS) is 9.50. The number of hydrogen-bond donors (Lipinski definition) is 0. The Labute approximate surface area is 76.7 Å². The minimum absolute atomic E-state index is 0.0666. The van der Waals surface area contributed by atoms with E-state index in [1.54, 1.807) is 0 Å². The van der Waals surface area contributed by atoms with Crippen LogP contribution in [0.3, 0.4) is 0 Å². The SMILES string of the molecule is COc1c[nH+]c(Br)cc1[N+](=O)[O-]. The average molecular weight is 234 g/mol. The molecule has 0 aliphatic rings. The molecule has 64 valence electrons. The number of ether oxygens (including phenoxy) is 1. The van der Waals surface area contributed by atoms with E-state index >= 15 is 0 Å². The van der Waals surface area contributed by atoms with Gasteiger partial charge in [-0.25, -0.2) is 4.98 Å². The van der Waals surface area contributed by atoms with Crippen LogP contribution in [0.2, 0.25) is 0 Å². The van der Waals surface area contributed by atoms with Crippen molar-refractivity contribution < 1.29 is 14.6 Å². The van der Waals surface area contributed by atoms with Crippen LogP contribution in [-0.4, -0.2) is 12.0 Å². The molecule has 0 unspecified atom stereocenters. The maximum atomic E-state index is 10.4. The number of nitro groups is 1. The summed E-state index contributed by atoms with van der Waals surface area (Å²) >= 11 is 3.08. The molecule has 12 heavy (non-hydrogen) atoms. The zero-order valence-corrected chi connectivity index (χ0v) is 7.79. The van der Waals surface area contributed by atoms with Crippen LogP contribution in [0.5, 0.6) is 5.75 Å². The van der Waals surface area contributed by atoms with E-state index in [9.17, 15) is 10.1 Å². The first-order valence-electron chi connectivity index (χ1n) is 3.04. The van der Waals surface area contributed by atoms with Crippen LogP contribution in [0.25, 0.3) is 0 Å². The molecule has 1 aromatic heterocycles. The Morgan fingerprint density at radius 3 is 2.92 bits per heavy atom. The largest absolute Gasteiger partial charge is 0.486 e. The van der Waals surface area contributed by atoms with Gasteiger partial charge in [0, 0.05) is 15.9 Å². The highest BCUT2D eigenvalue weighted by atomic mass is 79.9. The molecule has 0 spiro atoms. The standard InChI is InChI=1S/C6H5BrN2O3/c1-12-5-3-8-6(7)2-4(5)9(10)11/h2-3H,1H3/p+1. The lowest BCUT2D eigenvalue weighted by Crippen LogP contribution is -2.06. The number of rotatable bonds is 2. The van der Waals surface area contributed by atoms with Crippen molar-refractivity contribution >= 4 is 21.6 Å². The van der Waals surface area contributed by atoms with Crippen LogP contribution in [0.4, 0.5) is 5.69 Å². The van der Waals surface area contributed by atoms with E-state index in [1.165, 1.54) is 19.4 Å². The van der Waals surface area contributed by atoms with Gasteiger partial charge in [0.15, 0.2) is 0 Å². The summed E-state index contributed by atoms with van der Waals surface area (Å²) in [5.74, 6) is 0.211. The van der Waals surface area contributed by atoms with Crippen molar-refractivity contribution in [3.8, 4) is 5.75 Å². The molecule has 0 amide bonds. The Bertz CT molecular complexity index is 316. The number of methoxy groups -OCH3 is 1. The van der Waals surface area contributed by atoms with Gasteiger partial charge in [0.1, 0.15) is 0 Å². The second kappa shape index (κ2) is 3.48. The lowest BCUT2D eigenvalue weighted by atomic mass is 10.4. The zero-order chi connectivity index (χ0) is 9.14. The molecule has 1 rings (SSSR count). The van der Waals surface area contributed by atoms with Gasteiger partial charge in [-0.2, -0.15) is 0 Å². The Morgan fingerprint density at radius 1 is 1.75 bits per heavy atom. The third-order valence-electron chi connectivity index (χ3n) is 1.27. The zero-order valence-electron chi connectivity index (χ0n) is 6.20. The summed E-state index contributed by atoms with van der Waals surface area (Å²) in [6.45, 7) is 0. The molecule has 0 saturated carbocycles. The third-order valence-corrected chi connectivity index (χ3v) is 1.73. The highest BCUT2D eigenvalue weighted by Gasteiger charge is 2.18. The second-order valence-corrected chi connectivity index (χ2v) is 2.85. The van der Waals surface area contributed by atoms with Crippen molar-refractivity contribution in [1.82, 2.24) is 0 Å². The number of pyridine rings is 1. The highest BCUT2D eigenvalue weighted by Crippen LogP contribution is 2.25. The molecule has 1 aromatic rings. The first kappa shape index (κ1) is 8.92. The van der Waals surface area contributed by atoms with Gasteiger partial charge in [-0.15, -0.1) is 0 Å². The molecule has 0 saturated heterocycles. The number of aromatic amines is 1. The fraction of sp³-hybridized carbons (Fsp3) is 0.167. The third kappa shape index (κ3) is 1.70. The van der Waals surface area contributed by atoms with Crippen LogP contribution in [0, 0.1) is 10.1 Å². The molecule has 1 heterocycles. The topological polar surface area (TPSA) is 66.5 Å². The van der Waals surface area contributed by atoms with Crippen LogP contribution < -0.4 is 9.72 Å². The molecule has 6 heteroatoms. The van der Waals surface area contributed by atoms with Crippen molar-refractivity contribution in [1.29, 1.82) is 0 Å².